The molecule has 0 aliphatic carbocycles. The van der Waals surface area contributed by atoms with E-state index >= 15 is 0 Å². The Balaban J connectivity index is 1.97. The molecule has 2 aromatic heterocycles. The Morgan fingerprint density at radius 3 is 2.82 bits per heavy atom. The van der Waals surface area contributed by atoms with E-state index in [1.165, 1.54) is 5.56 Å². The summed E-state index contributed by atoms with van der Waals surface area (Å²) in [6, 6.07) is 6.22. The minimum atomic E-state index is 0.246. The molecule has 0 radical (unpaired) electrons. The van der Waals surface area contributed by atoms with E-state index in [2.05, 4.69) is 22.3 Å². The average Bonchev–Trinajstić information content (AvgIpc) is 2.66. The van der Waals surface area contributed by atoms with Gasteiger partial charge < -0.3 is 5.32 Å². The largest absolute Gasteiger partial charge is 0.305 e. The van der Waals surface area contributed by atoms with Crippen molar-refractivity contribution in [1.82, 2.24) is 20.1 Å². The van der Waals surface area contributed by atoms with Crippen LogP contribution in [-0.2, 0) is 13.6 Å². The van der Waals surface area contributed by atoms with Gasteiger partial charge in [0, 0.05) is 37.6 Å². The van der Waals surface area contributed by atoms with E-state index in [0.717, 1.165) is 17.9 Å². The zero-order valence-electron chi connectivity index (χ0n) is 10.5. The fourth-order valence-corrected chi connectivity index (χ4v) is 1.82. The first-order valence-electron chi connectivity index (χ1n) is 5.80. The second-order valence-corrected chi connectivity index (χ2v) is 4.27. The lowest BCUT2D eigenvalue weighted by atomic mass is 10.2. The number of nitrogens with zero attached hydrogens (tertiary/aromatic N) is 3. The van der Waals surface area contributed by atoms with Gasteiger partial charge in [-0.2, -0.15) is 5.10 Å². The van der Waals surface area contributed by atoms with Gasteiger partial charge in [-0.3, -0.25) is 9.67 Å². The van der Waals surface area contributed by atoms with Crippen molar-refractivity contribution in [2.75, 3.05) is 0 Å². The van der Waals surface area contributed by atoms with Gasteiger partial charge in [-0.25, -0.2) is 0 Å². The molecule has 2 aromatic rings. The van der Waals surface area contributed by atoms with Crippen LogP contribution < -0.4 is 5.32 Å². The van der Waals surface area contributed by atoms with E-state index < -0.39 is 0 Å². The van der Waals surface area contributed by atoms with E-state index in [1.54, 1.807) is 0 Å². The molecule has 0 fully saturated rings. The summed E-state index contributed by atoms with van der Waals surface area (Å²) in [5, 5.41) is 7.78. The molecule has 90 valence electrons. The fourth-order valence-electron chi connectivity index (χ4n) is 1.82. The van der Waals surface area contributed by atoms with Crippen molar-refractivity contribution in [2.45, 2.75) is 26.4 Å². The number of nitrogens with one attached hydrogen (secondary N) is 1. The monoisotopic (exact) mass is 230 g/mol. The lowest BCUT2D eigenvalue weighted by Crippen LogP contribution is -2.19. The van der Waals surface area contributed by atoms with Crippen LogP contribution in [0.5, 0.6) is 0 Å². The molecule has 0 spiro atoms. The van der Waals surface area contributed by atoms with Crippen molar-refractivity contribution in [3.8, 4) is 0 Å². The lowest BCUT2D eigenvalue weighted by Gasteiger charge is -2.12. The van der Waals surface area contributed by atoms with Crippen molar-refractivity contribution < 1.29 is 0 Å². The SMILES string of the molecule is Cc1nn(C)cc1CNC(C)c1ccccn1. The normalized spacial score (nSPS) is 12.6. The van der Waals surface area contributed by atoms with Crippen LogP contribution in [0.15, 0.2) is 30.6 Å². The summed E-state index contributed by atoms with van der Waals surface area (Å²) >= 11 is 0. The van der Waals surface area contributed by atoms with Crippen molar-refractivity contribution in [3.05, 3.63) is 47.5 Å². The standard InChI is InChI=1S/C13H18N4/c1-10-12(9-17(3)16-10)8-15-11(2)13-6-4-5-7-14-13/h4-7,9,11,15H,8H2,1-3H3. The zero-order chi connectivity index (χ0) is 12.3. The van der Waals surface area contributed by atoms with Crippen LogP contribution in [0.1, 0.15) is 29.9 Å². The summed E-state index contributed by atoms with van der Waals surface area (Å²) in [5.41, 5.74) is 3.37. The van der Waals surface area contributed by atoms with Gasteiger partial charge in [-0.05, 0) is 26.0 Å². The highest BCUT2D eigenvalue weighted by molar-refractivity contribution is 5.15. The van der Waals surface area contributed by atoms with Crippen molar-refractivity contribution in [2.24, 2.45) is 7.05 Å². The molecular weight excluding hydrogens is 212 g/mol. The molecule has 4 nitrogen and oxygen atoms in total. The third-order valence-corrected chi connectivity index (χ3v) is 2.85. The molecule has 1 N–H and O–H groups in total. The van der Waals surface area contributed by atoms with Crippen LogP contribution in [0, 0.1) is 6.92 Å². The predicted octanol–water partition coefficient (Wildman–Crippen LogP) is 1.97. The number of aryl methyl sites for hydroxylation is 2. The van der Waals surface area contributed by atoms with Crippen LogP contribution in [0.2, 0.25) is 0 Å². The third kappa shape index (κ3) is 2.91. The Morgan fingerprint density at radius 1 is 1.41 bits per heavy atom. The smallest absolute Gasteiger partial charge is 0.0638 e. The first-order chi connectivity index (χ1) is 8.16. The summed E-state index contributed by atoms with van der Waals surface area (Å²) in [5.74, 6) is 0. The van der Waals surface area contributed by atoms with Gasteiger partial charge in [0.1, 0.15) is 0 Å². The summed E-state index contributed by atoms with van der Waals surface area (Å²) in [7, 11) is 1.94. The first kappa shape index (κ1) is 11.8. The Bertz CT molecular complexity index is 475. The molecule has 4 heteroatoms. The molecule has 1 unspecified atom stereocenters. The minimum absolute atomic E-state index is 0.246. The van der Waals surface area contributed by atoms with Gasteiger partial charge in [0.05, 0.1) is 11.4 Å². The molecule has 2 rings (SSSR count). The minimum Gasteiger partial charge on any atom is -0.305 e. The van der Waals surface area contributed by atoms with E-state index in [0.29, 0.717) is 0 Å². The van der Waals surface area contributed by atoms with Gasteiger partial charge in [0.2, 0.25) is 0 Å². The van der Waals surface area contributed by atoms with Crippen LogP contribution in [-0.4, -0.2) is 14.8 Å². The van der Waals surface area contributed by atoms with E-state index in [1.807, 2.05) is 49.2 Å². The van der Waals surface area contributed by atoms with Crippen LogP contribution in [0.3, 0.4) is 0 Å². The maximum Gasteiger partial charge on any atom is 0.0638 e. The maximum atomic E-state index is 4.34. The Labute approximate surface area is 102 Å². The van der Waals surface area contributed by atoms with Crippen molar-refractivity contribution in [1.29, 1.82) is 0 Å². The highest BCUT2D eigenvalue weighted by atomic mass is 15.2. The molecule has 0 aromatic carbocycles. The van der Waals surface area contributed by atoms with Gasteiger partial charge in [-0.1, -0.05) is 6.07 Å². The summed E-state index contributed by atoms with van der Waals surface area (Å²) in [6.07, 6.45) is 3.87. The molecular formula is C13H18N4. The molecule has 2 heterocycles. The highest BCUT2D eigenvalue weighted by Gasteiger charge is 2.07. The van der Waals surface area contributed by atoms with Gasteiger partial charge >= 0.3 is 0 Å². The Kier molecular flexibility index (Phi) is 3.54. The molecule has 0 bridgehead atoms. The number of aromatic nitrogens is 3. The Morgan fingerprint density at radius 2 is 2.24 bits per heavy atom. The molecule has 17 heavy (non-hydrogen) atoms. The molecule has 1 atom stereocenters. The molecule has 0 saturated carbocycles. The number of pyridine rings is 1. The molecule has 0 aliphatic heterocycles. The summed E-state index contributed by atoms with van der Waals surface area (Å²) in [6.45, 7) is 4.97. The van der Waals surface area contributed by atoms with Crippen molar-refractivity contribution >= 4 is 0 Å². The first-order valence-corrected chi connectivity index (χ1v) is 5.80. The van der Waals surface area contributed by atoms with Gasteiger partial charge in [0.15, 0.2) is 0 Å². The topological polar surface area (TPSA) is 42.7 Å². The molecule has 0 amide bonds. The number of rotatable bonds is 4. The molecule has 0 saturated heterocycles. The van der Waals surface area contributed by atoms with Crippen LogP contribution in [0.4, 0.5) is 0 Å². The van der Waals surface area contributed by atoms with Crippen LogP contribution in [0.25, 0.3) is 0 Å². The van der Waals surface area contributed by atoms with Gasteiger partial charge in [-0.15, -0.1) is 0 Å². The predicted molar refractivity (Wildman–Crippen MR) is 67.4 cm³/mol. The summed E-state index contributed by atoms with van der Waals surface area (Å²) in [4.78, 5) is 4.34. The fraction of sp³-hybridized carbons (Fsp3) is 0.385. The molecule has 0 aliphatic rings. The van der Waals surface area contributed by atoms with Gasteiger partial charge in [0.25, 0.3) is 0 Å². The van der Waals surface area contributed by atoms with Crippen molar-refractivity contribution in [3.63, 3.8) is 0 Å². The van der Waals surface area contributed by atoms with Crippen LogP contribution >= 0.6 is 0 Å². The second-order valence-electron chi connectivity index (χ2n) is 4.27. The second kappa shape index (κ2) is 5.10. The van der Waals surface area contributed by atoms with E-state index in [-0.39, 0.29) is 6.04 Å². The zero-order valence-corrected chi connectivity index (χ0v) is 10.5. The number of hydrogen-bond acceptors (Lipinski definition) is 3. The maximum absolute atomic E-state index is 4.34. The number of hydrogen-bond donors (Lipinski definition) is 1. The quantitative estimate of drug-likeness (QED) is 0.873. The van der Waals surface area contributed by atoms with E-state index in [9.17, 15) is 0 Å². The summed E-state index contributed by atoms with van der Waals surface area (Å²) < 4.78 is 1.85. The third-order valence-electron chi connectivity index (χ3n) is 2.85. The Hall–Kier alpha value is -1.68. The lowest BCUT2D eigenvalue weighted by molar-refractivity contribution is 0.560. The van der Waals surface area contributed by atoms with E-state index in [4.69, 9.17) is 0 Å². The highest BCUT2D eigenvalue weighted by Crippen LogP contribution is 2.10. The average molecular weight is 230 g/mol.